The minimum absolute atomic E-state index is 0.166. The molecule has 0 radical (unpaired) electrons. The number of hydrogen-bond acceptors (Lipinski definition) is 3. The van der Waals surface area contributed by atoms with Gasteiger partial charge in [-0.05, 0) is 17.9 Å². The van der Waals surface area contributed by atoms with Crippen LogP contribution in [0.5, 0.6) is 0 Å². The Labute approximate surface area is 125 Å². The van der Waals surface area contributed by atoms with Crippen LogP contribution in [-0.2, 0) is 9.59 Å². The Bertz CT molecular complexity index is 490. The lowest BCUT2D eigenvalue weighted by Gasteiger charge is -2.21. The van der Waals surface area contributed by atoms with Crippen LogP contribution in [0.2, 0.25) is 0 Å². The third kappa shape index (κ3) is 4.29. The zero-order valence-corrected chi connectivity index (χ0v) is 12.3. The van der Waals surface area contributed by atoms with E-state index < -0.39 is 12.0 Å². The van der Waals surface area contributed by atoms with Crippen molar-refractivity contribution in [1.29, 1.82) is 0 Å². The number of nitrogens with zero attached hydrogens (tertiary/aromatic N) is 1. The van der Waals surface area contributed by atoms with Gasteiger partial charge in [0.05, 0.1) is 0 Å². The fourth-order valence-corrected chi connectivity index (χ4v) is 2.50. The second kappa shape index (κ2) is 7.22. The van der Waals surface area contributed by atoms with Gasteiger partial charge in [0, 0.05) is 26.1 Å². The van der Waals surface area contributed by atoms with Crippen molar-refractivity contribution in [2.45, 2.75) is 25.9 Å². The van der Waals surface area contributed by atoms with E-state index >= 15 is 0 Å². The Hall–Kier alpha value is -1.88. The van der Waals surface area contributed by atoms with Gasteiger partial charge in [0.2, 0.25) is 5.91 Å². The lowest BCUT2D eigenvalue weighted by atomic mass is 10.1. The number of nitrogens with one attached hydrogen (secondary N) is 1. The van der Waals surface area contributed by atoms with Gasteiger partial charge in [-0.2, -0.15) is 0 Å². The number of amides is 2. The number of benzene rings is 1. The fourth-order valence-electron chi connectivity index (χ4n) is 2.50. The predicted molar refractivity (Wildman–Crippen MR) is 79.4 cm³/mol. The molecule has 0 saturated carbocycles. The lowest BCUT2D eigenvalue weighted by molar-refractivity contribution is -0.129. The van der Waals surface area contributed by atoms with Gasteiger partial charge in [-0.1, -0.05) is 37.3 Å². The van der Waals surface area contributed by atoms with Gasteiger partial charge in [0.25, 0.3) is 5.91 Å². The van der Waals surface area contributed by atoms with E-state index in [-0.39, 0.29) is 11.8 Å². The van der Waals surface area contributed by atoms with E-state index in [1.54, 1.807) is 24.3 Å². The molecule has 1 aliphatic heterocycles. The summed E-state index contributed by atoms with van der Waals surface area (Å²) < 4.78 is 0. The molecule has 0 spiro atoms. The summed E-state index contributed by atoms with van der Waals surface area (Å²) in [6, 6.07) is 8.84. The highest BCUT2D eigenvalue weighted by atomic mass is 16.3. The van der Waals surface area contributed by atoms with Crippen molar-refractivity contribution in [2.24, 2.45) is 5.92 Å². The lowest BCUT2D eigenvalue weighted by Crippen LogP contribution is -2.37. The van der Waals surface area contributed by atoms with Gasteiger partial charge >= 0.3 is 0 Å². The van der Waals surface area contributed by atoms with Crippen LogP contribution in [-0.4, -0.2) is 41.5 Å². The van der Waals surface area contributed by atoms with Crippen LogP contribution in [0.1, 0.15) is 31.4 Å². The van der Waals surface area contributed by atoms with Crippen LogP contribution in [0.4, 0.5) is 0 Å². The van der Waals surface area contributed by atoms with Crippen molar-refractivity contribution < 1.29 is 14.7 Å². The summed E-state index contributed by atoms with van der Waals surface area (Å²) in [5.74, 6) is -0.0442. The van der Waals surface area contributed by atoms with E-state index in [0.29, 0.717) is 25.1 Å². The molecule has 2 atom stereocenters. The van der Waals surface area contributed by atoms with Gasteiger partial charge in [0.15, 0.2) is 6.10 Å². The summed E-state index contributed by atoms with van der Waals surface area (Å²) in [6.45, 7) is 3.90. The van der Waals surface area contributed by atoms with E-state index in [1.807, 2.05) is 17.9 Å². The van der Waals surface area contributed by atoms with Crippen molar-refractivity contribution in [1.82, 2.24) is 10.2 Å². The first-order valence-corrected chi connectivity index (χ1v) is 7.36. The van der Waals surface area contributed by atoms with Crippen LogP contribution in [0.25, 0.3) is 0 Å². The fraction of sp³-hybridized carbons (Fsp3) is 0.500. The Morgan fingerprint density at radius 3 is 2.71 bits per heavy atom. The molecule has 2 amide bonds. The molecule has 1 aromatic carbocycles. The highest BCUT2D eigenvalue weighted by Gasteiger charge is 2.22. The Morgan fingerprint density at radius 2 is 2.10 bits per heavy atom. The summed E-state index contributed by atoms with van der Waals surface area (Å²) in [5, 5.41) is 12.7. The molecule has 1 saturated heterocycles. The Kier molecular flexibility index (Phi) is 5.33. The van der Waals surface area contributed by atoms with Gasteiger partial charge < -0.3 is 15.3 Å². The number of likely N-dealkylation sites (tertiary alicyclic amines) is 1. The first-order chi connectivity index (χ1) is 10.1. The smallest absolute Gasteiger partial charge is 0.253 e. The van der Waals surface area contributed by atoms with E-state index in [1.165, 1.54) is 0 Å². The third-order valence-corrected chi connectivity index (χ3v) is 3.69. The van der Waals surface area contributed by atoms with Crippen molar-refractivity contribution in [3.05, 3.63) is 35.9 Å². The second-order valence-electron chi connectivity index (χ2n) is 5.61. The summed E-state index contributed by atoms with van der Waals surface area (Å²) in [4.78, 5) is 25.3. The standard InChI is InChI=1S/C16H22N2O3/c1-12(11-18-9-5-8-14(18)19)10-17-16(21)15(20)13-6-3-2-4-7-13/h2-4,6-7,12,15,20H,5,8-11H2,1H3,(H,17,21)/t12-,15+/m0/s1. The Balaban J connectivity index is 1.77. The number of rotatable bonds is 6. The molecule has 5 heteroatoms. The van der Waals surface area contributed by atoms with Crippen LogP contribution in [0.15, 0.2) is 30.3 Å². The maximum absolute atomic E-state index is 11.9. The van der Waals surface area contributed by atoms with Crippen LogP contribution in [0.3, 0.4) is 0 Å². The molecule has 5 nitrogen and oxygen atoms in total. The molecule has 0 bridgehead atoms. The minimum atomic E-state index is -1.15. The first kappa shape index (κ1) is 15.5. The first-order valence-electron chi connectivity index (χ1n) is 7.36. The van der Waals surface area contributed by atoms with Crippen LogP contribution in [0, 0.1) is 5.92 Å². The maximum Gasteiger partial charge on any atom is 0.253 e. The summed E-state index contributed by atoms with van der Waals surface area (Å²) >= 11 is 0. The highest BCUT2D eigenvalue weighted by molar-refractivity contribution is 5.81. The zero-order valence-electron chi connectivity index (χ0n) is 12.3. The summed E-state index contributed by atoms with van der Waals surface area (Å²) in [5.41, 5.74) is 0.581. The molecule has 0 aliphatic carbocycles. The van der Waals surface area contributed by atoms with Crippen molar-refractivity contribution in [2.75, 3.05) is 19.6 Å². The van der Waals surface area contributed by atoms with Gasteiger partial charge in [0.1, 0.15) is 0 Å². The molecule has 0 unspecified atom stereocenters. The topological polar surface area (TPSA) is 69.6 Å². The monoisotopic (exact) mass is 290 g/mol. The van der Waals surface area contributed by atoms with E-state index in [4.69, 9.17) is 0 Å². The third-order valence-electron chi connectivity index (χ3n) is 3.69. The van der Waals surface area contributed by atoms with Crippen molar-refractivity contribution in [3.8, 4) is 0 Å². The quantitative estimate of drug-likeness (QED) is 0.824. The van der Waals surface area contributed by atoms with E-state index in [9.17, 15) is 14.7 Å². The normalized spacial score (nSPS) is 17.6. The molecule has 2 rings (SSSR count). The number of aliphatic hydroxyl groups excluding tert-OH is 1. The Morgan fingerprint density at radius 1 is 1.38 bits per heavy atom. The maximum atomic E-state index is 11.9. The number of aliphatic hydroxyl groups is 1. The molecular weight excluding hydrogens is 268 g/mol. The van der Waals surface area contributed by atoms with Gasteiger partial charge in [-0.25, -0.2) is 0 Å². The molecule has 1 aromatic rings. The molecule has 1 fully saturated rings. The SMILES string of the molecule is C[C@@H](CNC(=O)[C@H](O)c1ccccc1)CN1CCCC1=O. The van der Waals surface area contributed by atoms with Gasteiger partial charge in [-0.15, -0.1) is 0 Å². The van der Waals surface area contributed by atoms with Gasteiger partial charge in [-0.3, -0.25) is 9.59 Å². The number of hydrogen-bond donors (Lipinski definition) is 2. The predicted octanol–water partition coefficient (Wildman–Crippen LogP) is 1.09. The number of carbonyl (C=O) groups excluding carboxylic acids is 2. The zero-order chi connectivity index (χ0) is 15.2. The molecule has 0 aromatic heterocycles. The molecule has 2 N–H and O–H groups in total. The van der Waals surface area contributed by atoms with E-state index in [0.717, 1.165) is 13.0 Å². The molecule has 21 heavy (non-hydrogen) atoms. The molecule has 1 heterocycles. The van der Waals surface area contributed by atoms with Crippen LogP contribution < -0.4 is 5.32 Å². The summed E-state index contributed by atoms with van der Waals surface area (Å²) in [6.07, 6.45) is 0.406. The average Bonchev–Trinajstić information content (AvgIpc) is 2.90. The largest absolute Gasteiger partial charge is 0.378 e. The summed E-state index contributed by atoms with van der Waals surface area (Å²) in [7, 11) is 0. The minimum Gasteiger partial charge on any atom is -0.378 e. The van der Waals surface area contributed by atoms with Crippen molar-refractivity contribution in [3.63, 3.8) is 0 Å². The molecular formula is C16H22N2O3. The highest BCUT2D eigenvalue weighted by Crippen LogP contribution is 2.13. The molecule has 1 aliphatic rings. The average molecular weight is 290 g/mol. The van der Waals surface area contributed by atoms with Crippen LogP contribution >= 0.6 is 0 Å². The van der Waals surface area contributed by atoms with E-state index in [2.05, 4.69) is 5.32 Å². The second-order valence-corrected chi connectivity index (χ2v) is 5.61. The number of carbonyl (C=O) groups is 2. The van der Waals surface area contributed by atoms with Crippen molar-refractivity contribution >= 4 is 11.8 Å². The molecule has 114 valence electrons.